The number of nitrogens with zero attached hydrogens (tertiary/aromatic N) is 2. The fraction of sp³-hybridized carbons (Fsp3) is 0.367. The summed E-state index contributed by atoms with van der Waals surface area (Å²) in [6.45, 7) is 1.53. The van der Waals surface area contributed by atoms with Crippen LogP contribution in [0.3, 0.4) is 0 Å². The number of amidine groups is 1. The van der Waals surface area contributed by atoms with Gasteiger partial charge in [-0.2, -0.15) is 0 Å². The molecule has 0 fully saturated rings. The van der Waals surface area contributed by atoms with Crippen molar-refractivity contribution >= 4 is 28.6 Å². The molecule has 0 saturated heterocycles. The molecule has 3 aromatic carbocycles. The minimum absolute atomic E-state index is 0.0106. The van der Waals surface area contributed by atoms with Crippen LogP contribution in [0, 0.1) is 5.82 Å². The van der Waals surface area contributed by atoms with Crippen LogP contribution in [0.15, 0.2) is 65.7 Å². The highest BCUT2D eigenvalue weighted by atomic mass is 127. The standard InChI is InChI=1S/C30H32F3IN2O5/c1-18(31)27-28(33)30(34,23-8-6-7-9-24(23)32)35-29(41-27)36(16-19-10-12-21(37-2)14-25(19)39-4)17-20-11-13-22(38-3)15-26(20)40-5/h6-15,18,27-28H,16-17H2,1-5H3/t18-,27+,28-,30+/m0/s1. The molecule has 0 radical (unpaired) electrons. The Morgan fingerprint density at radius 1 is 0.902 bits per heavy atom. The van der Waals surface area contributed by atoms with Gasteiger partial charge in [-0.15, -0.1) is 0 Å². The van der Waals surface area contributed by atoms with E-state index in [0.29, 0.717) is 23.0 Å². The van der Waals surface area contributed by atoms with Gasteiger partial charge in [-0.3, -0.25) is 0 Å². The van der Waals surface area contributed by atoms with E-state index in [1.807, 2.05) is 12.1 Å². The van der Waals surface area contributed by atoms with E-state index >= 15 is 8.78 Å². The lowest BCUT2D eigenvalue weighted by atomic mass is 9.95. The van der Waals surface area contributed by atoms with Gasteiger partial charge in [-0.1, -0.05) is 18.2 Å². The number of halogens is 4. The Balaban J connectivity index is 1.87. The van der Waals surface area contributed by atoms with Crippen molar-refractivity contribution in [1.29, 1.82) is 0 Å². The lowest BCUT2D eigenvalue weighted by Gasteiger charge is -2.41. The number of alkyl halides is 3. The molecule has 3 aromatic rings. The van der Waals surface area contributed by atoms with Gasteiger partial charge >= 0.3 is 0 Å². The van der Waals surface area contributed by atoms with Gasteiger partial charge in [0.25, 0.3) is 6.02 Å². The third-order valence-corrected chi connectivity index (χ3v) is 8.26. The van der Waals surface area contributed by atoms with Crippen LogP contribution in [-0.4, -0.2) is 57.8 Å². The van der Waals surface area contributed by atoms with Gasteiger partial charge in [0.05, 0.1) is 41.5 Å². The van der Waals surface area contributed by atoms with Crippen molar-refractivity contribution in [2.45, 2.75) is 42.0 Å². The van der Waals surface area contributed by atoms with Crippen LogP contribution in [0.25, 0.3) is 0 Å². The molecule has 0 saturated carbocycles. The SMILES string of the molecule is COc1ccc(CN(Cc2ccc(OC)cc2OC)C2=N[C@](I)(c3ccccc3F)[C@@H](F)[C@@H]([C@H](C)F)O2)c(OC)c1. The summed E-state index contributed by atoms with van der Waals surface area (Å²) in [5.41, 5.74) is 1.44. The van der Waals surface area contributed by atoms with Gasteiger partial charge < -0.3 is 28.6 Å². The van der Waals surface area contributed by atoms with Gasteiger partial charge in [-0.05, 0) is 59.8 Å². The zero-order valence-electron chi connectivity index (χ0n) is 23.4. The average molecular weight is 684 g/mol. The fourth-order valence-corrected chi connectivity index (χ4v) is 5.62. The number of methoxy groups -OCH3 is 4. The lowest BCUT2D eigenvalue weighted by molar-refractivity contribution is -0.0156. The molecular formula is C30H32F3IN2O5. The minimum Gasteiger partial charge on any atom is -0.497 e. The number of rotatable bonds is 10. The summed E-state index contributed by atoms with van der Waals surface area (Å²) in [4.78, 5) is 6.34. The highest BCUT2D eigenvalue weighted by Gasteiger charge is 2.52. The topological polar surface area (TPSA) is 61.8 Å². The maximum Gasteiger partial charge on any atom is 0.290 e. The molecule has 0 aromatic heterocycles. The molecule has 1 aliphatic rings. The van der Waals surface area contributed by atoms with Gasteiger partial charge in [0.15, 0.2) is 15.8 Å². The highest BCUT2D eigenvalue weighted by molar-refractivity contribution is 14.1. The van der Waals surface area contributed by atoms with E-state index in [-0.39, 0.29) is 24.7 Å². The molecule has 1 heterocycles. The maximum absolute atomic E-state index is 16.0. The lowest BCUT2D eigenvalue weighted by Crippen LogP contribution is -2.52. The van der Waals surface area contributed by atoms with Crippen molar-refractivity contribution < 1.29 is 36.9 Å². The Bertz CT molecular complexity index is 1330. The zero-order chi connectivity index (χ0) is 29.7. The normalized spacial score (nSPS) is 20.9. The van der Waals surface area contributed by atoms with Crippen molar-refractivity contribution in [3.8, 4) is 23.0 Å². The molecule has 0 spiro atoms. The molecular weight excluding hydrogens is 652 g/mol. The highest BCUT2D eigenvalue weighted by Crippen LogP contribution is 2.46. The molecule has 0 amide bonds. The molecule has 1 aliphatic heterocycles. The predicted octanol–water partition coefficient (Wildman–Crippen LogP) is 6.60. The molecule has 4 rings (SSSR count). The smallest absolute Gasteiger partial charge is 0.290 e. The second kappa shape index (κ2) is 13.1. The molecule has 220 valence electrons. The molecule has 41 heavy (non-hydrogen) atoms. The second-order valence-electron chi connectivity index (χ2n) is 9.42. The summed E-state index contributed by atoms with van der Waals surface area (Å²) in [5.74, 6) is 1.59. The van der Waals surface area contributed by atoms with Gasteiger partial charge in [0, 0.05) is 28.8 Å². The monoisotopic (exact) mass is 684 g/mol. The van der Waals surface area contributed by atoms with Crippen LogP contribution < -0.4 is 18.9 Å². The maximum atomic E-state index is 16.0. The Morgan fingerprint density at radius 3 is 1.90 bits per heavy atom. The number of hydrogen-bond donors (Lipinski definition) is 0. The van der Waals surface area contributed by atoms with Crippen molar-refractivity contribution in [3.05, 3.63) is 83.2 Å². The summed E-state index contributed by atoms with van der Waals surface area (Å²) >= 11 is 1.76. The molecule has 0 N–H and O–H groups in total. The molecule has 0 bridgehead atoms. The van der Waals surface area contributed by atoms with Crippen LogP contribution in [0.4, 0.5) is 13.2 Å². The van der Waals surface area contributed by atoms with E-state index < -0.39 is 27.8 Å². The van der Waals surface area contributed by atoms with Crippen LogP contribution in [0.2, 0.25) is 0 Å². The second-order valence-corrected chi connectivity index (χ2v) is 11.1. The summed E-state index contributed by atoms with van der Waals surface area (Å²) in [5, 5.41) is 0. The van der Waals surface area contributed by atoms with E-state index in [9.17, 15) is 4.39 Å². The van der Waals surface area contributed by atoms with E-state index in [1.54, 1.807) is 72.0 Å². The van der Waals surface area contributed by atoms with Crippen LogP contribution >= 0.6 is 22.6 Å². The summed E-state index contributed by atoms with van der Waals surface area (Å²) < 4.78 is 71.9. The summed E-state index contributed by atoms with van der Waals surface area (Å²) in [6, 6.07) is 16.4. The van der Waals surface area contributed by atoms with Crippen molar-refractivity contribution in [2.75, 3.05) is 28.4 Å². The zero-order valence-corrected chi connectivity index (χ0v) is 25.5. The number of aliphatic imine (C=N–C) groups is 1. The van der Waals surface area contributed by atoms with E-state index in [2.05, 4.69) is 4.99 Å². The quantitative estimate of drug-likeness (QED) is 0.136. The van der Waals surface area contributed by atoms with E-state index in [4.69, 9.17) is 23.7 Å². The van der Waals surface area contributed by atoms with Gasteiger partial charge in [0.1, 0.15) is 35.0 Å². The largest absolute Gasteiger partial charge is 0.497 e. The van der Waals surface area contributed by atoms with Crippen LogP contribution in [0.1, 0.15) is 23.6 Å². The van der Waals surface area contributed by atoms with Crippen molar-refractivity contribution in [1.82, 2.24) is 4.90 Å². The molecule has 0 unspecified atom stereocenters. The number of ether oxygens (including phenoxy) is 5. The Hall–Kier alpha value is -3.35. The molecule has 7 nitrogen and oxygen atoms in total. The van der Waals surface area contributed by atoms with Gasteiger partial charge in [-0.25, -0.2) is 18.2 Å². The third kappa shape index (κ3) is 6.44. The predicted molar refractivity (Wildman–Crippen MR) is 158 cm³/mol. The Labute approximate surface area is 251 Å². The fourth-order valence-electron chi connectivity index (χ4n) is 4.62. The average Bonchev–Trinajstić information content (AvgIpc) is 2.98. The first-order valence-electron chi connectivity index (χ1n) is 12.8. The minimum atomic E-state index is -1.98. The first-order chi connectivity index (χ1) is 19.6. The Morgan fingerprint density at radius 2 is 1.44 bits per heavy atom. The molecule has 11 heteroatoms. The van der Waals surface area contributed by atoms with Crippen LogP contribution in [-0.2, 0) is 21.4 Å². The Kier molecular flexibility index (Phi) is 9.77. The first-order valence-corrected chi connectivity index (χ1v) is 13.9. The number of hydrogen-bond acceptors (Lipinski definition) is 7. The first kappa shape index (κ1) is 30.6. The van der Waals surface area contributed by atoms with Crippen molar-refractivity contribution in [3.63, 3.8) is 0 Å². The summed E-state index contributed by atoms with van der Waals surface area (Å²) in [7, 11) is 6.17. The molecule has 0 aliphatic carbocycles. The van der Waals surface area contributed by atoms with Crippen molar-refractivity contribution in [2.24, 2.45) is 4.99 Å². The number of benzene rings is 3. The summed E-state index contributed by atoms with van der Waals surface area (Å²) in [6.07, 6.45) is -5.24. The molecule has 4 atom stereocenters. The van der Waals surface area contributed by atoms with Gasteiger partial charge in [0.2, 0.25) is 0 Å². The van der Waals surface area contributed by atoms with Crippen LogP contribution in [0.5, 0.6) is 23.0 Å². The van der Waals surface area contributed by atoms with E-state index in [0.717, 1.165) is 11.1 Å². The van der Waals surface area contributed by atoms with E-state index in [1.165, 1.54) is 39.3 Å². The third-order valence-electron chi connectivity index (χ3n) is 6.84.